The van der Waals surface area contributed by atoms with Crippen molar-refractivity contribution < 1.29 is 19.8 Å². The average molecular weight is 300 g/mol. The quantitative estimate of drug-likeness (QED) is 0.861. The summed E-state index contributed by atoms with van der Waals surface area (Å²) in [6, 6.07) is 4.43. The van der Waals surface area contributed by atoms with E-state index in [-0.39, 0.29) is 24.4 Å². The number of nitrogens with zero attached hydrogens (tertiary/aromatic N) is 1. The predicted octanol–water partition coefficient (Wildman–Crippen LogP) is 1.24. The van der Waals surface area contributed by atoms with Crippen molar-refractivity contribution in [3.63, 3.8) is 0 Å². The number of hydrogen-bond acceptors (Lipinski definition) is 3. The van der Waals surface area contributed by atoms with Gasteiger partial charge in [0.25, 0.3) is 0 Å². The van der Waals surface area contributed by atoms with Crippen LogP contribution in [-0.2, 0) is 4.79 Å². The van der Waals surface area contributed by atoms with Gasteiger partial charge in [-0.15, -0.1) is 0 Å². The fraction of sp³-hybridized carbons (Fsp3) is 0.273. The van der Waals surface area contributed by atoms with Gasteiger partial charge in [0.2, 0.25) is 5.91 Å². The van der Waals surface area contributed by atoms with E-state index in [0.717, 1.165) is 0 Å². The first-order valence-corrected chi connectivity index (χ1v) is 5.79. The molecule has 1 fully saturated rings. The highest BCUT2D eigenvalue weighted by Crippen LogP contribution is 2.30. The maximum atomic E-state index is 11.6. The molecule has 1 aromatic rings. The number of carboxylic acid groups (broad SMARTS) is 1. The molecule has 1 aliphatic heterocycles. The number of aliphatic hydroxyl groups is 1. The molecule has 1 atom stereocenters. The lowest BCUT2D eigenvalue weighted by molar-refractivity contribution is -0.117. The average Bonchev–Trinajstić information content (AvgIpc) is 2.57. The second-order valence-corrected chi connectivity index (χ2v) is 4.69. The summed E-state index contributed by atoms with van der Waals surface area (Å²) in [5.74, 6) is -1.19. The Morgan fingerprint density at radius 2 is 2.18 bits per heavy atom. The Morgan fingerprint density at radius 3 is 2.65 bits per heavy atom. The van der Waals surface area contributed by atoms with E-state index in [0.29, 0.717) is 10.2 Å². The smallest absolute Gasteiger partial charge is 0.335 e. The van der Waals surface area contributed by atoms with E-state index >= 15 is 0 Å². The molecule has 0 radical (unpaired) electrons. The minimum absolute atomic E-state index is 0.104. The fourth-order valence-corrected chi connectivity index (χ4v) is 2.37. The van der Waals surface area contributed by atoms with E-state index in [9.17, 15) is 14.7 Å². The Morgan fingerprint density at radius 1 is 1.47 bits per heavy atom. The fourth-order valence-electron chi connectivity index (χ4n) is 1.78. The van der Waals surface area contributed by atoms with Crippen LogP contribution < -0.4 is 4.90 Å². The SMILES string of the molecule is O=C(O)c1ccc(N2CC(O)CC2=O)c(Br)c1. The molecule has 6 heteroatoms. The molecule has 0 bridgehead atoms. The molecular weight excluding hydrogens is 290 g/mol. The van der Waals surface area contributed by atoms with Crippen molar-refractivity contribution in [3.8, 4) is 0 Å². The molecule has 0 aliphatic carbocycles. The molecule has 1 amide bonds. The molecule has 1 aliphatic rings. The number of benzene rings is 1. The third-order valence-electron chi connectivity index (χ3n) is 2.59. The topological polar surface area (TPSA) is 77.8 Å². The second-order valence-electron chi connectivity index (χ2n) is 3.83. The lowest BCUT2D eigenvalue weighted by Crippen LogP contribution is -2.25. The van der Waals surface area contributed by atoms with Crippen LogP contribution in [-0.4, -0.2) is 34.7 Å². The van der Waals surface area contributed by atoms with Crippen molar-refractivity contribution >= 4 is 33.5 Å². The van der Waals surface area contributed by atoms with E-state index in [4.69, 9.17) is 5.11 Å². The highest BCUT2D eigenvalue weighted by atomic mass is 79.9. The largest absolute Gasteiger partial charge is 0.478 e. The number of β-amino-alcohol motifs (C(OH)–C–C–N with tert-alkyl or cyclic N) is 1. The molecule has 1 heterocycles. The minimum Gasteiger partial charge on any atom is -0.478 e. The number of rotatable bonds is 2. The summed E-state index contributed by atoms with van der Waals surface area (Å²) in [7, 11) is 0. The molecule has 0 aromatic heterocycles. The Labute approximate surface area is 106 Å². The van der Waals surface area contributed by atoms with Gasteiger partial charge in [-0.1, -0.05) is 0 Å². The molecule has 1 saturated heterocycles. The van der Waals surface area contributed by atoms with Gasteiger partial charge < -0.3 is 15.1 Å². The molecule has 2 N–H and O–H groups in total. The Kier molecular flexibility index (Phi) is 3.17. The van der Waals surface area contributed by atoms with Crippen LogP contribution in [0.4, 0.5) is 5.69 Å². The van der Waals surface area contributed by atoms with Crippen molar-refractivity contribution in [2.45, 2.75) is 12.5 Å². The number of amides is 1. The normalized spacial score (nSPS) is 19.8. The van der Waals surface area contributed by atoms with Gasteiger partial charge in [0.1, 0.15) is 0 Å². The number of anilines is 1. The molecule has 0 spiro atoms. The third-order valence-corrected chi connectivity index (χ3v) is 3.23. The highest BCUT2D eigenvalue weighted by molar-refractivity contribution is 9.10. The summed E-state index contributed by atoms with van der Waals surface area (Å²) in [5.41, 5.74) is 0.726. The van der Waals surface area contributed by atoms with Crippen LogP contribution in [0.1, 0.15) is 16.8 Å². The zero-order valence-corrected chi connectivity index (χ0v) is 10.3. The summed E-state index contributed by atoms with van der Waals surface area (Å²) in [6.07, 6.45) is -0.554. The van der Waals surface area contributed by atoms with Gasteiger partial charge in [-0.05, 0) is 34.1 Å². The Hall–Kier alpha value is -1.40. The van der Waals surface area contributed by atoms with Crippen molar-refractivity contribution in [2.75, 3.05) is 11.4 Å². The van der Waals surface area contributed by atoms with E-state index in [2.05, 4.69) is 15.9 Å². The van der Waals surface area contributed by atoms with E-state index in [1.807, 2.05) is 0 Å². The van der Waals surface area contributed by atoms with Crippen LogP contribution in [0.3, 0.4) is 0 Å². The Balaban J connectivity index is 2.34. The van der Waals surface area contributed by atoms with Crippen molar-refractivity contribution in [1.82, 2.24) is 0 Å². The van der Waals surface area contributed by atoms with Crippen LogP contribution in [0, 0.1) is 0 Å². The molecular formula is C11H10BrNO4. The minimum atomic E-state index is -1.02. The Bertz CT molecular complexity index is 488. The zero-order chi connectivity index (χ0) is 12.6. The number of aliphatic hydroxyl groups excluding tert-OH is 1. The molecule has 1 aromatic carbocycles. The van der Waals surface area contributed by atoms with Crippen LogP contribution >= 0.6 is 15.9 Å². The standard InChI is InChI=1S/C11H10BrNO4/c12-8-3-6(11(16)17)1-2-9(8)13-5-7(14)4-10(13)15/h1-3,7,14H,4-5H2,(H,16,17). The molecule has 17 heavy (non-hydrogen) atoms. The van der Waals surface area contributed by atoms with Crippen LogP contribution in [0.5, 0.6) is 0 Å². The lowest BCUT2D eigenvalue weighted by Gasteiger charge is -2.17. The zero-order valence-electron chi connectivity index (χ0n) is 8.76. The van der Waals surface area contributed by atoms with E-state index < -0.39 is 12.1 Å². The number of aromatic carboxylic acids is 1. The maximum absolute atomic E-state index is 11.6. The van der Waals surface area contributed by atoms with Gasteiger partial charge in [-0.25, -0.2) is 4.79 Å². The van der Waals surface area contributed by atoms with Gasteiger partial charge in [0.15, 0.2) is 0 Å². The maximum Gasteiger partial charge on any atom is 0.335 e. The van der Waals surface area contributed by atoms with Gasteiger partial charge in [0.05, 0.1) is 30.3 Å². The summed E-state index contributed by atoms with van der Waals surface area (Å²) in [6.45, 7) is 0.240. The van der Waals surface area contributed by atoms with Gasteiger partial charge in [-0.2, -0.15) is 0 Å². The van der Waals surface area contributed by atoms with Crippen molar-refractivity contribution in [3.05, 3.63) is 28.2 Å². The number of halogens is 1. The van der Waals surface area contributed by atoms with Crippen LogP contribution in [0.25, 0.3) is 0 Å². The molecule has 1 unspecified atom stereocenters. The van der Waals surface area contributed by atoms with E-state index in [1.165, 1.54) is 17.0 Å². The number of carboxylic acids is 1. The lowest BCUT2D eigenvalue weighted by atomic mass is 10.2. The molecule has 0 saturated carbocycles. The van der Waals surface area contributed by atoms with Gasteiger partial charge in [0, 0.05) is 4.47 Å². The number of hydrogen-bond donors (Lipinski definition) is 2. The summed E-state index contributed by atoms with van der Waals surface area (Å²) < 4.78 is 0.528. The van der Waals surface area contributed by atoms with Crippen LogP contribution in [0.2, 0.25) is 0 Å². The van der Waals surface area contributed by atoms with Gasteiger partial charge >= 0.3 is 5.97 Å². The molecule has 2 rings (SSSR count). The van der Waals surface area contributed by atoms with Crippen LogP contribution in [0.15, 0.2) is 22.7 Å². The summed E-state index contributed by atoms with van der Waals surface area (Å²) in [4.78, 5) is 23.8. The first kappa shape index (κ1) is 12.1. The number of carbonyl (C=O) groups excluding carboxylic acids is 1. The predicted molar refractivity (Wildman–Crippen MR) is 64.1 cm³/mol. The third kappa shape index (κ3) is 2.32. The van der Waals surface area contributed by atoms with Crippen molar-refractivity contribution in [2.24, 2.45) is 0 Å². The highest BCUT2D eigenvalue weighted by Gasteiger charge is 2.30. The van der Waals surface area contributed by atoms with Gasteiger partial charge in [-0.3, -0.25) is 4.79 Å². The first-order valence-electron chi connectivity index (χ1n) is 5.00. The number of carbonyl (C=O) groups is 2. The first-order chi connectivity index (χ1) is 7.99. The second kappa shape index (κ2) is 4.46. The molecule has 90 valence electrons. The van der Waals surface area contributed by atoms with E-state index in [1.54, 1.807) is 6.07 Å². The molecule has 5 nitrogen and oxygen atoms in total. The summed E-state index contributed by atoms with van der Waals surface area (Å²) in [5, 5.41) is 18.2. The monoisotopic (exact) mass is 299 g/mol. The summed E-state index contributed by atoms with van der Waals surface area (Å²) >= 11 is 3.23. The van der Waals surface area contributed by atoms with Crippen molar-refractivity contribution in [1.29, 1.82) is 0 Å².